The quantitative estimate of drug-likeness (QED) is 0.356. The Kier molecular flexibility index (Phi) is 6.63. The fraction of sp³-hybridized carbons (Fsp3) is 0.440. The maximum atomic E-state index is 12.8. The van der Waals surface area contributed by atoms with Crippen molar-refractivity contribution in [3.8, 4) is 28.4 Å². The van der Waals surface area contributed by atoms with Crippen molar-refractivity contribution in [1.82, 2.24) is 0 Å². The van der Waals surface area contributed by atoms with Gasteiger partial charge in [0.1, 0.15) is 18.6 Å². The Morgan fingerprint density at radius 3 is 2.43 bits per heavy atom. The highest BCUT2D eigenvalue weighted by atomic mass is 16.9. The summed E-state index contributed by atoms with van der Waals surface area (Å²) in [4.78, 5) is 24.7. The molecule has 1 fully saturated rings. The summed E-state index contributed by atoms with van der Waals surface area (Å²) in [6.07, 6.45) is -1.68. The van der Waals surface area contributed by atoms with Crippen LogP contribution >= 0.6 is 0 Å². The van der Waals surface area contributed by atoms with Gasteiger partial charge >= 0.3 is 18.1 Å². The summed E-state index contributed by atoms with van der Waals surface area (Å²) in [5.41, 5.74) is 1.54. The number of hydrogen-bond acceptors (Lipinski definition) is 10. The Morgan fingerprint density at radius 2 is 1.83 bits per heavy atom. The third-order valence-corrected chi connectivity index (χ3v) is 6.10. The van der Waals surface area contributed by atoms with Crippen LogP contribution in [0.5, 0.6) is 17.2 Å². The lowest BCUT2D eigenvalue weighted by atomic mass is 9.69. The van der Waals surface area contributed by atoms with E-state index in [9.17, 15) is 24.9 Å². The smallest absolute Gasteiger partial charge is 0.453 e. The number of carbonyl (C=O) groups is 2. The van der Waals surface area contributed by atoms with Crippen molar-refractivity contribution in [2.45, 2.75) is 52.0 Å². The first-order chi connectivity index (χ1) is 16.5. The van der Waals surface area contributed by atoms with Crippen molar-refractivity contribution >= 4 is 11.9 Å². The van der Waals surface area contributed by atoms with Crippen molar-refractivity contribution in [2.75, 3.05) is 13.7 Å². The van der Waals surface area contributed by atoms with Gasteiger partial charge in [0.25, 0.3) is 0 Å². The number of esters is 2. The van der Waals surface area contributed by atoms with E-state index in [0.717, 1.165) is 6.42 Å². The fourth-order valence-electron chi connectivity index (χ4n) is 4.20. The van der Waals surface area contributed by atoms with E-state index in [0.29, 0.717) is 35.1 Å². The number of benzene rings is 2. The summed E-state index contributed by atoms with van der Waals surface area (Å²) in [7, 11) is 1.33. The molecule has 10 heteroatoms. The monoisotopic (exact) mass is 488 g/mol. The Hall–Kier alpha value is -3.34. The van der Waals surface area contributed by atoms with Gasteiger partial charge in [-0.2, -0.15) is 0 Å². The molecule has 0 radical (unpaired) electrons. The fourth-order valence-corrected chi connectivity index (χ4v) is 4.20. The molecule has 1 aliphatic heterocycles. The van der Waals surface area contributed by atoms with Gasteiger partial charge in [-0.15, -0.1) is 0 Å². The van der Waals surface area contributed by atoms with Gasteiger partial charge in [-0.25, -0.2) is 4.79 Å². The summed E-state index contributed by atoms with van der Waals surface area (Å²) < 4.78 is 27.0. The molecule has 0 atom stereocenters. The molecule has 2 aliphatic rings. The van der Waals surface area contributed by atoms with E-state index in [-0.39, 0.29) is 42.5 Å². The molecule has 2 aromatic carbocycles. The molecule has 0 spiro atoms. The maximum Gasteiger partial charge on any atom is 0.453 e. The lowest BCUT2D eigenvalue weighted by Gasteiger charge is -2.39. The number of methoxy groups -OCH3 is 1. The zero-order valence-corrected chi connectivity index (χ0v) is 19.7. The van der Waals surface area contributed by atoms with E-state index in [4.69, 9.17) is 23.7 Å². The minimum atomic E-state index is -3.45. The van der Waals surface area contributed by atoms with Crippen LogP contribution in [0.3, 0.4) is 0 Å². The summed E-state index contributed by atoms with van der Waals surface area (Å²) in [6.45, 7) is 3.68. The lowest BCUT2D eigenvalue weighted by Crippen LogP contribution is -2.45. The topological polar surface area (TPSA) is 141 Å². The van der Waals surface area contributed by atoms with Crippen molar-refractivity contribution in [2.24, 2.45) is 5.41 Å². The summed E-state index contributed by atoms with van der Waals surface area (Å²) in [5, 5.41) is 28.0. The number of aliphatic hydroxyl groups is 3. The highest BCUT2D eigenvalue weighted by Gasteiger charge is 2.47. The van der Waals surface area contributed by atoms with Crippen LogP contribution in [0.2, 0.25) is 0 Å². The van der Waals surface area contributed by atoms with Gasteiger partial charge in [-0.3, -0.25) is 4.79 Å². The normalized spacial score (nSPS) is 16.3. The molecule has 10 nitrogen and oxygen atoms in total. The maximum absolute atomic E-state index is 12.8. The van der Waals surface area contributed by atoms with Crippen molar-refractivity contribution in [1.29, 1.82) is 0 Å². The molecule has 3 N–H and O–H groups in total. The number of carbonyl (C=O) groups excluding carboxylic acids is 2. The highest BCUT2D eigenvalue weighted by molar-refractivity contribution is 5.94. The zero-order chi connectivity index (χ0) is 25.4. The molecule has 0 unspecified atom stereocenters. The number of ether oxygens (including phenoxy) is 5. The molecule has 1 aliphatic carbocycles. The van der Waals surface area contributed by atoms with Gasteiger partial charge in [0, 0.05) is 11.1 Å². The molecule has 1 heterocycles. The predicted molar refractivity (Wildman–Crippen MR) is 121 cm³/mol. The molecule has 1 saturated carbocycles. The lowest BCUT2D eigenvalue weighted by molar-refractivity contribution is -0.419. The van der Waals surface area contributed by atoms with Gasteiger partial charge in [0.2, 0.25) is 5.75 Å². The Morgan fingerprint density at radius 1 is 1.11 bits per heavy atom. The van der Waals surface area contributed by atoms with Gasteiger partial charge in [0.05, 0.1) is 18.8 Å². The molecule has 0 aromatic heterocycles. The molecule has 0 saturated heterocycles. The zero-order valence-electron chi connectivity index (χ0n) is 19.7. The third-order valence-electron chi connectivity index (χ3n) is 6.10. The van der Waals surface area contributed by atoms with Crippen LogP contribution < -0.4 is 14.2 Å². The largest absolute Gasteiger partial charge is 0.490 e. The number of fused-ring (bicyclic) bond motifs is 1. The average Bonchev–Trinajstić information content (AvgIpc) is 3.11. The SMILES string of the molecule is COc1c(OC(O)(O)O)ccc(-c2ccc3c(c2)COC3=O)c1OCC1(C(=O)OC(C)C)CCC1. The summed E-state index contributed by atoms with van der Waals surface area (Å²) in [5.74, 6) is -0.817. The van der Waals surface area contributed by atoms with E-state index in [2.05, 4.69) is 0 Å². The van der Waals surface area contributed by atoms with Crippen LogP contribution in [-0.4, -0.2) is 53.2 Å². The van der Waals surface area contributed by atoms with Crippen LogP contribution in [0, 0.1) is 5.41 Å². The van der Waals surface area contributed by atoms with Crippen molar-refractivity contribution in [3.63, 3.8) is 0 Å². The van der Waals surface area contributed by atoms with Crippen LogP contribution in [0.15, 0.2) is 30.3 Å². The number of cyclic esters (lactones) is 1. The standard InChI is InChI=1S/C25H28O10/c1-14(2)34-23(27)24(9-4-10-24)13-33-20-17(7-8-19(21(20)31-3)35-25(28,29)30)15-5-6-18-16(11-15)12-32-22(18)26/h5-8,11,14,28-30H,4,9-10,12-13H2,1-3H3. The number of rotatable bonds is 9. The first-order valence-corrected chi connectivity index (χ1v) is 11.2. The predicted octanol–water partition coefficient (Wildman–Crippen LogP) is 2.50. The first-order valence-electron chi connectivity index (χ1n) is 11.2. The van der Waals surface area contributed by atoms with E-state index in [1.54, 1.807) is 38.1 Å². The Labute approximate surface area is 201 Å². The first kappa shape index (κ1) is 24.8. The van der Waals surface area contributed by atoms with Crippen molar-refractivity contribution < 1.29 is 48.6 Å². The van der Waals surface area contributed by atoms with Crippen LogP contribution in [0.1, 0.15) is 49.0 Å². The Balaban J connectivity index is 1.74. The average molecular weight is 488 g/mol. The molecule has 0 amide bonds. The molecule has 0 bridgehead atoms. The van der Waals surface area contributed by atoms with Crippen LogP contribution in [0.25, 0.3) is 11.1 Å². The van der Waals surface area contributed by atoms with Gasteiger partial charge in [0.15, 0.2) is 11.5 Å². The van der Waals surface area contributed by atoms with E-state index in [1.165, 1.54) is 13.2 Å². The molecular weight excluding hydrogens is 460 g/mol. The summed E-state index contributed by atoms with van der Waals surface area (Å²) >= 11 is 0. The second-order valence-corrected chi connectivity index (χ2v) is 8.97. The third kappa shape index (κ3) is 5.04. The Bertz CT molecular complexity index is 1130. The van der Waals surface area contributed by atoms with Crippen LogP contribution in [0.4, 0.5) is 0 Å². The van der Waals surface area contributed by atoms with Gasteiger partial charge in [-0.05, 0) is 56.5 Å². The number of hydrogen-bond donors (Lipinski definition) is 3. The van der Waals surface area contributed by atoms with Gasteiger partial charge < -0.3 is 39.0 Å². The molecule has 2 aromatic rings. The molecule has 4 rings (SSSR count). The second kappa shape index (κ2) is 9.37. The minimum absolute atomic E-state index is 0.0135. The van der Waals surface area contributed by atoms with E-state index in [1.807, 2.05) is 0 Å². The van der Waals surface area contributed by atoms with Crippen molar-refractivity contribution in [3.05, 3.63) is 41.5 Å². The van der Waals surface area contributed by atoms with E-state index < -0.39 is 17.5 Å². The molecule has 35 heavy (non-hydrogen) atoms. The van der Waals surface area contributed by atoms with Gasteiger partial charge in [-0.1, -0.05) is 12.5 Å². The highest BCUT2D eigenvalue weighted by Crippen LogP contribution is 2.48. The molecule has 188 valence electrons. The summed E-state index contributed by atoms with van der Waals surface area (Å²) in [6, 6.07) is 8.10. The van der Waals surface area contributed by atoms with Crippen LogP contribution in [-0.2, 0) is 20.9 Å². The minimum Gasteiger partial charge on any atom is -0.490 e. The van der Waals surface area contributed by atoms with E-state index >= 15 is 0 Å². The second-order valence-electron chi connectivity index (χ2n) is 8.97. The molecular formula is C25H28O10.